The summed E-state index contributed by atoms with van der Waals surface area (Å²) in [7, 11) is 1.77. The van der Waals surface area contributed by atoms with Gasteiger partial charge in [-0.05, 0) is 37.5 Å². The molecular formula is C22H24N2O3. The molecule has 0 aliphatic heterocycles. The van der Waals surface area contributed by atoms with Gasteiger partial charge in [-0.1, -0.05) is 36.4 Å². The van der Waals surface area contributed by atoms with Crippen LogP contribution in [0.2, 0.25) is 0 Å². The Labute approximate surface area is 158 Å². The monoisotopic (exact) mass is 364 g/mol. The van der Waals surface area contributed by atoms with E-state index in [1.165, 1.54) is 6.20 Å². The summed E-state index contributed by atoms with van der Waals surface area (Å²) in [5.74, 6) is 0.799. The van der Waals surface area contributed by atoms with Crippen LogP contribution in [0.25, 0.3) is 10.8 Å². The summed E-state index contributed by atoms with van der Waals surface area (Å²) >= 11 is 0. The van der Waals surface area contributed by atoms with Gasteiger partial charge in [-0.2, -0.15) is 0 Å². The number of hydrogen-bond donors (Lipinski definition) is 1. The fourth-order valence-corrected chi connectivity index (χ4v) is 3.20. The Hall–Kier alpha value is -3.08. The summed E-state index contributed by atoms with van der Waals surface area (Å²) < 4.78 is 5.90. The molecular weight excluding hydrogens is 340 g/mol. The number of H-pyrrole nitrogens is 1. The summed E-state index contributed by atoms with van der Waals surface area (Å²) in [4.78, 5) is 29.0. The predicted octanol–water partition coefficient (Wildman–Crippen LogP) is 3.69. The van der Waals surface area contributed by atoms with Gasteiger partial charge in [0.1, 0.15) is 5.75 Å². The van der Waals surface area contributed by atoms with Crippen molar-refractivity contribution in [3.63, 3.8) is 0 Å². The Bertz CT molecular complexity index is 1000. The minimum Gasteiger partial charge on any atom is -0.493 e. The second kappa shape index (κ2) is 8.08. The first-order valence-corrected chi connectivity index (χ1v) is 9.04. The minimum atomic E-state index is -0.188. The summed E-state index contributed by atoms with van der Waals surface area (Å²) in [5.41, 5.74) is 2.54. The molecule has 0 saturated heterocycles. The van der Waals surface area contributed by atoms with Crippen LogP contribution in [0.4, 0.5) is 0 Å². The number of benzene rings is 2. The quantitative estimate of drug-likeness (QED) is 0.679. The zero-order valence-electron chi connectivity index (χ0n) is 15.9. The van der Waals surface area contributed by atoms with Gasteiger partial charge in [0.05, 0.1) is 12.2 Å². The smallest absolute Gasteiger partial charge is 0.255 e. The Morgan fingerprint density at radius 2 is 1.70 bits per heavy atom. The number of fused-ring (bicyclic) bond motifs is 1. The molecule has 1 heterocycles. The number of pyridine rings is 1. The Morgan fingerprint density at radius 3 is 2.41 bits per heavy atom. The molecule has 0 saturated carbocycles. The molecule has 0 spiro atoms. The standard InChI is InChI=1S/C22H24N2O3/c1-15-8-6-9-16(2)20(15)27-13-7-12-24(3)22(26)19-14-23-21(25)18-11-5-4-10-17(18)19/h4-6,8-11,14H,7,12-13H2,1-3H3,(H,23,25). The fourth-order valence-electron chi connectivity index (χ4n) is 3.20. The molecule has 0 fully saturated rings. The average Bonchev–Trinajstić information content (AvgIpc) is 2.67. The van der Waals surface area contributed by atoms with Crippen molar-refractivity contribution >= 4 is 16.7 Å². The van der Waals surface area contributed by atoms with E-state index in [0.717, 1.165) is 23.3 Å². The van der Waals surface area contributed by atoms with Gasteiger partial charge in [0, 0.05) is 30.6 Å². The van der Waals surface area contributed by atoms with Crippen molar-refractivity contribution in [2.24, 2.45) is 0 Å². The normalized spacial score (nSPS) is 10.8. The maximum absolute atomic E-state index is 12.8. The lowest BCUT2D eigenvalue weighted by molar-refractivity contribution is 0.0789. The Kier molecular flexibility index (Phi) is 5.60. The van der Waals surface area contributed by atoms with Crippen molar-refractivity contribution in [2.45, 2.75) is 20.3 Å². The maximum atomic E-state index is 12.8. The summed E-state index contributed by atoms with van der Waals surface area (Å²) in [5, 5.41) is 1.19. The number of hydrogen-bond acceptors (Lipinski definition) is 3. The third-order valence-electron chi connectivity index (χ3n) is 4.68. The molecule has 0 unspecified atom stereocenters. The van der Waals surface area contributed by atoms with Crippen LogP contribution < -0.4 is 10.3 Å². The number of carbonyl (C=O) groups is 1. The van der Waals surface area contributed by atoms with Crippen molar-refractivity contribution in [3.05, 3.63) is 75.7 Å². The number of rotatable bonds is 6. The van der Waals surface area contributed by atoms with Crippen molar-refractivity contribution < 1.29 is 9.53 Å². The minimum absolute atomic E-state index is 0.116. The van der Waals surface area contributed by atoms with Crippen LogP contribution in [0, 0.1) is 13.8 Å². The van der Waals surface area contributed by atoms with Crippen molar-refractivity contribution in [3.8, 4) is 5.75 Å². The summed E-state index contributed by atoms with van der Waals surface area (Å²) in [6.45, 7) is 5.16. The van der Waals surface area contributed by atoms with Crippen LogP contribution >= 0.6 is 0 Å². The van der Waals surface area contributed by atoms with Gasteiger partial charge in [0.2, 0.25) is 0 Å². The molecule has 0 radical (unpaired) electrons. The first-order chi connectivity index (χ1) is 13.0. The predicted molar refractivity (Wildman–Crippen MR) is 108 cm³/mol. The maximum Gasteiger partial charge on any atom is 0.255 e. The molecule has 0 atom stereocenters. The van der Waals surface area contributed by atoms with Crippen molar-refractivity contribution in [1.29, 1.82) is 0 Å². The van der Waals surface area contributed by atoms with Crippen LogP contribution in [0.3, 0.4) is 0 Å². The first kappa shape index (κ1) is 18.7. The number of para-hydroxylation sites is 1. The summed E-state index contributed by atoms with van der Waals surface area (Å²) in [6, 6.07) is 13.2. The van der Waals surface area contributed by atoms with E-state index < -0.39 is 0 Å². The lowest BCUT2D eigenvalue weighted by atomic mass is 10.1. The number of nitrogens with one attached hydrogen (secondary N) is 1. The first-order valence-electron chi connectivity index (χ1n) is 9.04. The van der Waals surface area contributed by atoms with E-state index in [0.29, 0.717) is 29.5 Å². The van der Waals surface area contributed by atoms with E-state index in [2.05, 4.69) is 4.98 Å². The Morgan fingerprint density at radius 1 is 1.04 bits per heavy atom. The van der Waals surface area contributed by atoms with Gasteiger partial charge >= 0.3 is 0 Å². The van der Waals surface area contributed by atoms with Gasteiger partial charge in [-0.15, -0.1) is 0 Å². The highest BCUT2D eigenvalue weighted by Crippen LogP contribution is 2.22. The molecule has 0 aliphatic rings. The van der Waals surface area contributed by atoms with E-state index in [-0.39, 0.29) is 11.5 Å². The highest BCUT2D eigenvalue weighted by atomic mass is 16.5. The molecule has 1 amide bonds. The number of carbonyl (C=O) groups excluding carboxylic acids is 1. The number of aromatic nitrogens is 1. The van der Waals surface area contributed by atoms with E-state index in [1.807, 2.05) is 38.1 Å². The largest absolute Gasteiger partial charge is 0.493 e. The average molecular weight is 364 g/mol. The molecule has 5 nitrogen and oxygen atoms in total. The van der Waals surface area contributed by atoms with Crippen LogP contribution in [0.5, 0.6) is 5.75 Å². The van der Waals surface area contributed by atoms with Crippen LogP contribution in [-0.2, 0) is 0 Å². The molecule has 3 rings (SSSR count). The molecule has 0 aliphatic carbocycles. The number of nitrogens with zero attached hydrogens (tertiary/aromatic N) is 1. The lowest BCUT2D eigenvalue weighted by Gasteiger charge is -2.19. The molecule has 5 heteroatoms. The molecule has 2 aromatic carbocycles. The third kappa shape index (κ3) is 4.03. The van der Waals surface area contributed by atoms with Crippen molar-refractivity contribution in [1.82, 2.24) is 9.88 Å². The second-order valence-electron chi connectivity index (χ2n) is 6.73. The lowest BCUT2D eigenvalue weighted by Crippen LogP contribution is -2.29. The molecule has 27 heavy (non-hydrogen) atoms. The molecule has 1 aromatic heterocycles. The number of aromatic amines is 1. The molecule has 1 N–H and O–H groups in total. The van der Waals surface area contributed by atoms with Gasteiger partial charge < -0.3 is 14.6 Å². The van der Waals surface area contributed by atoms with Crippen LogP contribution in [0.1, 0.15) is 27.9 Å². The molecule has 3 aromatic rings. The molecule has 140 valence electrons. The van der Waals surface area contributed by atoms with Gasteiger partial charge in [0.25, 0.3) is 11.5 Å². The highest BCUT2D eigenvalue weighted by molar-refractivity contribution is 6.06. The van der Waals surface area contributed by atoms with Crippen LogP contribution in [-0.4, -0.2) is 36.0 Å². The van der Waals surface area contributed by atoms with E-state index >= 15 is 0 Å². The van der Waals surface area contributed by atoms with E-state index in [9.17, 15) is 9.59 Å². The SMILES string of the molecule is Cc1cccc(C)c1OCCCN(C)C(=O)c1c[nH]c(=O)c2ccccc12. The number of amides is 1. The second-order valence-corrected chi connectivity index (χ2v) is 6.73. The van der Waals surface area contributed by atoms with Gasteiger partial charge in [0.15, 0.2) is 0 Å². The van der Waals surface area contributed by atoms with Crippen LogP contribution in [0.15, 0.2) is 53.5 Å². The van der Waals surface area contributed by atoms with E-state index in [1.54, 1.807) is 30.1 Å². The highest BCUT2D eigenvalue weighted by Gasteiger charge is 2.16. The van der Waals surface area contributed by atoms with E-state index in [4.69, 9.17) is 4.74 Å². The van der Waals surface area contributed by atoms with Crippen molar-refractivity contribution in [2.75, 3.05) is 20.2 Å². The topological polar surface area (TPSA) is 62.4 Å². The van der Waals surface area contributed by atoms with Gasteiger partial charge in [-0.3, -0.25) is 9.59 Å². The zero-order valence-corrected chi connectivity index (χ0v) is 15.9. The third-order valence-corrected chi connectivity index (χ3v) is 4.68. The van der Waals surface area contributed by atoms with Gasteiger partial charge in [-0.25, -0.2) is 0 Å². The number of aryl methyl sites for hydroxylation is 2. The fraction of sp³-hybridized carbons (Fsp3) is 0.273. The summed E-state index contributed by atoms with van der Waals surface area (Å²) in [6.07, 6.45) is 2.22. The molecule has 0 bridgehead atoms. The Balaban J connectivity index is 1.64. The number of ether oxygens (including phenoxy) is 1. The zero-order chi connectivity index (χ0) is 19.4.